The Kier molecular flexibility index (Phi) is 5.86. The number of nitrogens with zero attached hydrogens (tertiary/aromatic N) is 2. The molecule has 0 radical (unpaired) electrons. The molecule has 0 unspecified atom stereocenters. The molecule has 0 N–H and O–H groups in total. The third kappa shape index (κ3) is 4.94. The van der Waals surface area contributed by atoms with Crippen molar-refractivity contribution in [2.75, 3.05) is 6.61 Å². The molecule has 6 nitrogen and oxygen atoms in total. The molecule has 2 heterocycles. The first-order chi connectivity index (χ1) is 13.0. The summed E-state index contributed by atoms with van der Waals surface area (Å²) in [5, 5.41) is 0. The first kappa shape index (κ1) is 18.6. The third-order valence-corrected chi connectivity index (χ3v) is 4.10. The van der Waals surface area contributed by atoms with Gasteiger partial charge in [-0.2, -0.15) is 0 Å². The van der Waals surface area contributed by atoms with Crippen LogP contribution >= 0.6 is 0 Å². The fraction of sp³-hybridized carbons (Fsp3) is 0.286. The van der Waals surface area contributed by atoms with Crippen LogP contribution in [0.2, 0.25) is 0 Å². The molecule has 0 saturated carbocycles. The summed E-state index contributed by atoms with van der Waals surface area (Å²) in [6, 6.07) is 14.6. The predicted octanol–water partition coefficient (Wildman–Crippen LogP) is 3.21. The summed E-state index contributed by atoms with van der Waals surface area (Å²) in [5.74, 6) is 0.452. The second-order valence-corrected chi connectivity index (χ2v) is 6.38. The largest absolute Gasteiger partial charge is 0.494 e. The maximum absolute atomic E-state index is 12.2. The molecule has 140 valence electrons. The van der Waals surface area contributed by atoms with Crippen molar-refractivity contribution < 1.29 is 14.3 Å². The van der Waals surface area contributed by atoms with Gasteiger partial charge in [-0.25, -0.2) is 4.98 Å². The van der Waals surface area contributed by atoms with Gasteiger partial charge in [-0.3, -0.25) is 14.0 Å². The molecule has 2 aromatic heterocycles. The number of carbonyl (C=O) groups excluding carboxylic acids is 1. The monoisotopic (exact) mass is 366 g/mol. The maximum atomic E-state index is 12.2. The Morgan fingerprint density at radius 2 is 1.93 bits per heavy atom. The van der Waals surface area contributed by atoms with Crippen molar-refractivity contribution in [3.63, 3.8) is 0 Å². The highest BCUT2D eigenvalue weighted by molar-refractivity contribution is 5.69. The smallest absolute Gasteiger partial charge is 0.306 e. The normalized spacial score (nSPS) is 10.7. The van der Waals surface area contributed by atoms with Crippen LogP contribution in [0.3, 0.4) is 0 Å². The summed E-state index contributed by atoms with van der Waals surface area (Å²) in [5.41, 5.74) is 2.73. The number of rotatable bonds is 7. The van der Waals surface area contributed by atoms with Crippen LogP contribution < -0.4 is 10.3 Å². The quantitative estimate of drug-likeness (QED) is 0.474. The first-order valence-electron chi connectivity index (χ1n) is 8.86. The summed E-state index contributed by atoms with van der Waals surface area (Å²) >= 11 is 0. The molecule has 0 bridgehead atoms. The van der Waals surface area contributed by atoms with E-state index < -0.39 is 0 Å². The topological polar surface area (TPSA) is 69.9 Å². The van der Waals surface area contributed by atoms with E-state index in [0.717, 1.165) is 17.0 Å². The summed E-state index contributed by atoms with van der Waals surface area (Å²) in [6.07, 6.45) is 0.803. The van der Waals surface area contributed by atoms with E-state index in [1.807, 2.05) is 50.2 Å². The molecule has 0 fully saturated rings. The van der Waals surface area contributed by atoms with E-state index in [1.165, 1.54) is 10.5 Å². The number of fused-ring (bicyclic) bond motifs is 1. The standard InChI is InChI=1S/C21H22N2O4/c1-15-6-3-8-18(12-15)26-11-5-10-21(25)27-14-17-13-20(24)23-16(2)7-4-9-19(23)22-17/h3-4,6-9,12-13H,5,10-11,14H2,1-2H3. The molecule has 27 heavy (non-hydrogen) atoms. The lowest BCUT2D eigenvalue weighted by Gasteiger charge is -2.08. The van der Waals surface area contributed by atoms with Gasteiger partial charge < -0.3 is 9.47 Å². The van der Waals surface area contributed by atoms with E-state index in [9.17, 15) is 9.59 Å². The average molecular weight is 366 g/mol. The fourth-order valence-electron chi connectivity index (χ4n) is 2.78. The van der Waals surface area contributed by atoms with E-state index in [0.29, 0.717) is 24.4 Å². The second-order valence-electron chi connectivity index (χ2n) is 6.38. The van der Waals surface area contributed by atoms with Gasteiger partial charge in [0.2, 0.25) is 0 Å². The Labute approximate surface area is 157 Å². The lowest BCUT2D eigenvalue weighted by atomic mass is 10.2. The highest BCUT2D eigenvalue weighted by Gasteiger charge is 2.08. The van der Waals surface area contributed by atoms with Gasteiger partial charge in [0.1, 0.15) is 18.0 Å². The minimum absolute atomic E-state index is 0.0166. The van der Waals surface area contributed by atoms with Gasteiger partial charge in [0.25, 0.3) is 5.56 Å². The number of ether oxygens (including phenoxy) is 2. The molecule has 1 aromatic carbocycles. The Balaban J connectivity index is 1.48. The molecule has 3 rings (SSSR count). The van der Waals surface area contributed by atoms with Gasteiger partial charge in [-0.05, 0) is 50.1 Å². The third-order valence-electron chi connectivity index (χ3n) is 4.10. The van der Waals surface area contributed by atoms with Crippen molar-refractivity contribution >= 4 is 11.6 Å². The number of benzene rings is 1. The lowest BCUT2D eigenvalue weighted by molar-refractivity contribution is -0.145. The Morgan fingerprint density at radius 1 is 1.11 bits per heavy atom. The van der Waals surface area contributed by atoms with Gasteiger partial charge in [0, 0.05) is 18.2 Å². The van der Waals surface area contributed by atoms with Gasteiger partial charge in [0.05, 0.1) is 12.3 Å². The van der Waals surface area contributed by atoms with Gasteiger partial charge >= 0.3 is 5.97 Å². The van der Waals surface area contributed by atoms with Crippen LogP contribution in [-0.2, 0) is 16.1 Å². The Hall–Kier alpha value is -3.15. The summed E-state index contributed by atoms with van der Waals surface area (Å²) in [7, 11) is 0. The summed E-state index contributed by atoms with van der Waals surface area (Å²) < 4.78 is 12.4. The Morgan fingerprint density at radius 3 is 2.74 bits per heavy atom. The summed E-state index contributed by atoms with van der Waals surface area (Å²) in [6.45, 7) is 4.26. The lowest BCUT2D eigenvalue weighted by Crippen LogP contribution is -2.18. The van der Waals surface area contributed by atoms with Crippen molar-refractivity contribution in [3.8, 4) is 5.75 Å². The van der Waals surface area contributed by atoms with Crippen LogP contribution in [0.1, 0.15) is 29.8 Å². The number of carbonyl (C=O) groups is 1. The molecule has 0 aliphatic rings. The van der Waals surface area contributed by atoms with Crippen molar-refractivity contribution in [1.29, 1.82) is 0 Å². The number of esters is 1. The van der Waals surface area contributed by atoms with Crippen LogP contribution in [0.4, 0.5) is 0 Å². The zero-order chi connectivity index (χ0) is 19.2. The number of hydrogen-bond donors (Lipinski definition) is 0. The number of hydrogen-bond acceptors (Lipinski definition) is 5. The van der Waals surface area contributed by atoms with E-state index in [-0.39, 0.29) is 24.6 Å². The van der Waals surface area contributed by atoms with Crippen LogP contribution in [0.5, 0.6) is 5.75 Å². The molecule has 0 saturated heterocycles. The van der Waals surface area contributed by atoms with E-state index in [4.69, 9.17) is 9.47 Å². The molecular formula is C21H22N2O4. The average Bonchev–Trinajstić information content (AvgIpc) is 2.63. The molecule has 6 heteroatoms. The zero-order valence-corrected chi connectivity index (χ0v) is 15.5. The van der Waals surface area contributed by atoms with Crippen LogP contribution in [0.25, 0.3) is 5.65 Å². The highest BCUT2D eigenvalue weighted by atomic mass is 16.5. The van der Waals surface area contributed by atoms with Gasteiger partial charge in [0.15, 0.2) is 0 Å². The first-order valence-corrected chi connectivity index (χ1v) is 8.86. The fourth-order valence-corrected chi connectivity index (χ4v) is 2.78. The predicted molar refractivity (Wildman–Crippen MR) is 102 cm³/mol. The van der Waals surface area contributed by atoms with Crippen LogP contribution in [0.15, 0.2) is 53.3 Å². The molecule has 0 aliphatic heterocycles. The van der Waals surface area contributed by atoms with Crippen molar-refractivity contribution in [2.24, 2.45) is 0 Å². The van der Waals surface area contributed by atoms with E-state index in [2.05, 4.69) is 4.98 Å². The maximum Gasteiger partial charge on any atom is 0.306 e. The van der Waals surface area contributed by atoms with Gasteiger partial charge in [-0.1, -0.05) is 18.2 Å². The second kappa shape index (κ2) is 8.49. The molecule has 0 atom stereocenters. The van der Waals surface area contributed by atoms with Crippen molar-refractivity contribution in [3.05, 3.63) is 75.8 Å². The SMILES string of the molecule is Cc1cccc(OCCCC(=O)OCc2cc(=O)n3c(C)cccc3n2)c1. The Bertz CT molecular complexity index is 1010. The van der Waals surface area contributed by atoms with Crippen molar-refractivity contribution in [2.45, 2.75) is 33.3 Å². The number of pyridine rings is 1. The van der Waals surface area contributed by atoms with E-state index in [1.54, 1.807) is 6.07 Å². The minimum atomic E-state index is -0.339. The minimum Gasteiger partial charge on any atom is -0.494 e. The number of aromatic nitrogens is 2. The van der Waals surface area contributed by atoms with Gasteiger partial charge in [-0.15, -0.1) is 0 Å². The molecular weight excluding hydrogens is 344 g/mol. The van der Waals surface area contributed by atoms with Crippen molar-refractivity contribution in [1.82, 2.24) is 9.38 Å². The summed E-state index contributed by atoms with van der Waals surface area (Å²) in [4.78, 5) is 28.5. The molecule has 3 aromatic rings. The number of aryl methyl sites for hydroxylation is 2. The molecule has 0 amide bonds. The highest BCUT2D eigenvalue weighted by Crippen LogP contribution is 2.13. The van der Waals surface area contributed by atoms with Crippen LogP contribution in [0, 0.1) is 13.8 Å². The van der Waals surface area contributed by atoms with Crippen LogP contribution in [-0.4, -0.2) is 22.0 Å². The molecule has 0 spiro atoms. The zero-order valence-electron chi connectivity index (χ0n) is 15.5. The molecule has 0 aliphatic carbocycles. The van der Waals surface area contributed by atoms with E-state index >= 15 is 0 Å².